The lowest BCUT2D eigenvalue weighted by Gasteiger charge is -2.13. The van der Waals surface area contributed by atoms with Gasteiger partial charge in [0.2, 0.25) is 0 Å². The highest BCUT2D eigenvalue weighted by atomic mass is 32.1. The van der Waals surface area contributed by atoms with Crippen molar-refractivity contribution in [3.05, 3.63) is 64.9 Å². The molecular formula is C22H24N2O3S. The average molecular weight is 397 g/mol. The molecule has 0 atom stereocenters. The van der Waals surface area contributed by atoms with E-state index in [4.69, 9.17) is 21.7 Å². The lowest BCUT2D eigenvalue weighted by atomic mass is 10.1. The second-order valence-corrected chi connectivity index (χ2v) is 6.84. The van der Waals surface area contributed by atoms with Gasteiger partial charge in [0.05, 0.1) is 6.61 Å². The van der Waals surface area contributed by atoms with Crippen molar-refractivity contribution in [1.82, 2.24) is 10.2 Å². The van der Waals surface area contributed by atoms with Gasteiger partial charge in [-0.05, 0) is 62.3 Å². The minimum absolute atomic E-state index is 0.120. The number of ether oxygens (including phenoxy) is 2. The fourth-order valence-corrected chi connectivity index (χ4v) is 3.19. The SMILES string of the molecule is CCOc1cc(/C=C2/NC(=S)N(CC)C2=O)ccc1OCc1ccc(C)cc1. The molecule has 0 unspecified atom stereocenters. The fourth-order valence-electron chi connectivity index (χ4n) is 2.87. The number of nitrogens with one attached hydrogen (secondary N) is 1. The van der Waals surface area contributed by atoms with Crippen LogP contribution in [0.1, 0.15) is 30.5 Å². The number of aryl methyl sites for hydroxylation is 1. The summed E-state index contributed by atoms with van der Waals surface area (Å²) in [7, 11) is 0. The monoisotopic (exact) mass is 396 g/mol. The van der Waals surface area contributed by atoms with Crippen molar-refractivity contribution in [2.24, 2.45) is 0 Å². The summed E-state index contributed by atoms with van der Waals surface area (Å²) in [5, 5.41) is 3.40. The topological polar surface area (TPSA) is 50.8 Å². The molecule has 1 heterocycles. The Balaban J connectivity index is 1.79. The van der Waals surface area contributed by atoms with Gasteiger partial charge in [0.1, 0.15) is 12.3 Å². The first-order valence-electron chi connectivity index (χ1n) is 9.31. The van der Waals surface area contributed by atoms with E-state index >= 15 is 0 Å². The van der Waals surface area contributed by atoms with E-state index in [-0.39, 0.29) is 5.91 Å². The summed E-state index contributed by atoms with van der Waals surface area (Å²) < 4.78 is 11.7. The van der Waals surface area contributed by atoms with Crippen molar-refractivity contribution in [1.29, 1.82) is 0 Å². The molecule has 6 heteroatoms. The molecule has 0 aliphatic carbocycles. The first kappa shape index (κ1) is 19.9. The third-order valence-corrected chi connectivity index (χ3v) is 4.69. The van der Waals surface area contributed by atoms with Crippen LogP contribution in [0.5, 0.6) is 11.5 Å². The molecule has 1 amide bonds. The fraction of sp³-hybridized carbons (Fsp3) is 0.273. The Hall–Kier alpha value is -2.86. The maximum Gasteiger partial charge on any atom is 0.276 e. The average Bonchev–Trinajstić information content (AvgIpc) is 2.95. The number of nitrogens with zero attached hydrogens (tertiary/aromatic N) is 1. The van der Waals surface area contributed by atoms with E-state index in [1.165, 1.54) is 10.5 Å². The van der Waals surface area contributed by atoms with E-state index in [2.05, 4.69) is 24.4 Å². The predicted molar refractivity (Wildman–Crippen MR) is 114 cm³/mol. The zero-order chi connectivity index (χ0) is 20.1. The van der Waals surface area contributed by atoms with Gasteiger partial charge in [-0.2, -0.15) is 0 Å². The van der Waals surface area contributed by atoms with Gasteiger partial charge in [-0.3, -0.25) is 9.69 Å². The summed E-state index contributed by atoms with van der Waals surface area (Å²) in [4.78, 5) is 13.9. The summed E-state index contributed by atoms with van der Waals surface area (Å²) in [5.41, 5.74) is 3.60. The van der Waals surface area contributed by atoms with Crippen LogP contribution in [-0.2, 0) is 11.4 Å². The summed E-state index contributed by atoms with van der Waals surface area (Å²) in [5.74, 6) is 1.19. The van der Waals surface area contributed by atoms with Crippen molar-refractivity contribution in [3.63, 3.8) is 0 Å². The second kappa shape index (κ2) is 8.89. The molecule has 0 bridgehead atoms. The molecule has 28 heavy (non-hydrogen) atoms. The molecule has 1 aliphatic rings. The number of carbonyl (C=O) groups excluding carboxylic acids is 1. The molecule has 0 radical (unpaired) electrons. The largest absolute Gasteiger partial charge is 0.490 e. The third-order valence-electron chi connectivity index (χ3n) is 4.37. The number of thiocarbonyl (C=S) groups is 1. The van der Waals surface area contributed by atoms with E-state index < -0.39 is 0 Å². The Labute approximate surface area is 170 Å². The van der Waals surface area contributed by atoms with E-state index in [9.17, 15) is 4.79 Å². The number of rotatable bonds is 7. The van der Waals surface area contributed by atoms with Gasteiger partial charge >= 0.3 is 0 Å². The molecule has 2 aromatic rings. The van der Waals surface area contributed by atoms with E-state index in [0.29, 0.717) is 42.1 Å². The summed E-state index contributed by atoms with van der Waals surface area (Å²) >= 11 is 5.20. The van der Waals surface area contributed by atoms with Gasteiger partial charge < -0.3 is 14.8 Å². The molecule has 1 N–H and O–H groups in total. The molecule has 2 aromatic carbocycles. The first-order chi connectivity index (χ1) is 13.5. The van der Waals surface area contributed by atoms with Gasteiger partial charge in [-0.15, -0.1) is 0 Å². The quantitative estimate of drug-likeness (QED) is 0.565. The smallest absolute Gasteiger partial charge is 0.276 e. The third kappa shape index (κ3) is 4.51. The van der Waals surface area contributed by atoms with Crippen LogP contribution < -0.4 is 14.8 Å². The lowest BCUT2D eigenvalue weighted by Crippen LogP contribution is -2.30. The molecular weight excluding hydrogens is 372 g/mol. The van der Waals surface area contributed by atoms with Crippen molar-refractivity contribution in [2.75, 3.05) is 13.2 Å². The lowest BCUT2D eigenvalue weighted by molar-refractivity contribution is -0.122. The molecule has 0 spiro atoms. The Morgan fingerprint density at radius 3 is 2.46 bits per heavy atom. The van der Waals surface area contributed by atoms with Crippen LogP contribution in [0.2, 0.25) is 0 Å². The number of likely N-dealkylation sites (N-methyl/N-ethyl adjacent to an activating group) is 1. The summed E-state index contributed by atoms with van der Waals surface area (Å²) in [6, 6.07) is 13.9. The van der Waals surface area contributed by atoms with Crippen LogP contribution in [0.3, 0.4) is 0 Å². The number of hydrogen-bond acceptors (Lipinski definition) is 4. The number of hydrogen-bond donors (Lipinski definition) is 1. The summed E-state index contributed by atoms with van der Waals surface area (Å²) in [6.45, 7) is 7.39. The molecule has 3 rings (SSSR count). The zero-order valence-corrected chi connectivity index (χ0v) is 17.1. The highest BCUT2D eigenvalue weighted by Gasteiger charge is 2.29. The first-order valence-corrected chi connectivity index (χ1v) is 9.72. The maximum absolute atomic E-state index is 12.4. The Kier molecular flexibility index (Phi) is 6.31. The van der Waals surface area contributed by atoms with Crippen molar-refractivity contribution in [3.8, 4) is 11.5 Å². The molecule has 0 saturated carbocycles. The predicted octanol–water partition coefficient (Wildman–Crippen LogP) is 4.05. The number of carbonyl (C=O) groups is 1. The highest BCUT2D eigenvalue weighted by Crippen LogP contribution is 2.30. The van der Waals surface area contributed by atoms with Gasteiger partial charge in [-0.1, -0.05) is 35.9 Å². The van der Waals surface area contributed by atoms with Crippen LogP contribution in [0.25, 0.3) is 6.08 Å². The number of benzene rings is 2. The van der Waals surface area contributed by atoms with Gasteiger partial charge in [0, 0.05) is 6.54 Å². The van der Waals surface area contributed by atoms with Crippen molar-refractivity contribution < 1.29 is 14.3 Å². The van der Waals surface area contributed by atoms with Gasteiger partial charge in [-0.25, -0.2) is 0 Å². The second-order valence-electron chi connectivity index (χ2n) is 6.45. The van der Waals surface area contributed by atoms with E-state index in [1.807, 2.05) is 44.2 Å². The minimum atomic E-state index is -0.120. The zero-order valence-electron chi connectivity index (χ0n) is 16.3. The van der Waals surface area contributed by atoms with Crippen LogP contribution >= 0.6 is 12.2 Å². The Morgan fingerprint density at radius 1 is 1.07 bits per heavy atom. The maximum atomic E-state index is 12.4. The Bertz CT molecular complexity index is 906. The standard InChI is InChI=1S/C22H24N2O3S/c1-4-24-21(25)18(23-22(24)28)12-17-10-11-19(20(13-17)26-5-2)27-14-16-8-6-15(3)7-9-16/h6-13H,4-5,14H2,1-3H3,(H,23,28)/b18-12+. The number of amides is 1. The van der Waals surface area contributed by atoms with Crippen molar-refractivity contribution >= 4 is 29.3 Å². The van der Waals surface area contributed by atoms with Crippen LogP contribution in [0.4, 0.5) is 0 Å². The highest BCUT2D eigenvalue weighted by molar-refractivity contribution is 7.80. The molecule has 146 valence electrons. The van der Waals surface area contributed by atoms with Gasteiger partial charge in [0.25, 0.3) is 5.91 Å². The summed E-state index contributed by atoms with van der Waals surface area (Å²) in [6.07, 6.45) is 1.77. The molecule has 0 aromatic heterocycles. The Morgan fingerprint density at radius 2 is 1.82 bits per heavy atom. The van der Waals surface area contributed by atoms with E-state index in [1.54, 1.807) is 6.08 Å². The van der Waals surface area contributed by atoms with E-state index in [0.717, 1.165) is 11.1 Å². The van der Waals surface area contributed by atoms with Crippen LogP contribution in [-0.4, -0.2) is 29.1 Å². The molecule has 5 nitrogen and oxygen atoms in total. The normalized spacial score (nSPS) is 15.1. The molecule has 1 fully saturated rings. The molecule has 1 saturated heterocycles. The van der Waals surface area contributed by atoms with Crippen LogP contribution in [0.15, 0.2) is 48.2 Å². The van der Waals surface area contributed by atoms with Crippen LogP contribution in [0, 0.1) is 6.92 Å². The molecule has 1 aliphatic heterocycles. The minimum Gasteiger partial charge on any atom is -0.490 e. The van der Waals surface area contributed by atoms with Crippen molar-refractivity contribution in [2.45, 2.75) is 27.4 Å². The van der Waals surface area contributed by atoms with Gasteiger partial charge in [0.15, 0.2) is 16.6 Å².